The maximum atomic E-state index is 2.55. The molecule has 4 unspecified atom stereocenters. The monoisotopic (exact) mass is 237 g/mol. The van der Waals surface area contributed by atoms with E-state index in [1.165, 1.54) is 38.5 Å². The van der Waals surface area contributed by atoms with E-state index in [2.05, 4.69) is 39.8 Å². The highest BCUT2D eigenvalue weighted by Gasteiger charge is 2.49. The lowest BCUT2D eigenvalue weighted by atomic mass is 9.55. The molecule has 2 aliphatic rings. The summed E-state index contributed by atoms with van der Waals surface area (Å²) in [5.41, 5.74) is 0.530. The van der Waals surface area contributed by atoms with Gasteiger partial charge in [0.15, 0.2) is 0 Å². The van der Waals surface area contributed by atoms with Crippen molar-refractivity contribution in [2.45, 2.75) is 65.3 Å². The van der Waals surface area contributed by atoms with Gasteiger partial charge in [0, 0.05) is 6.04 Å². The fraction of sp³-hybridized carbons (Fsp3) is 1.00. The average molecular weight is 237 g/mol. The van der Waals surface area contributed by atoms with Gasteiger partial charge < -0.3 is 4.90 Å². The zero-order valence-electron chi connectivity index (χ0n) is 12.5. The van der Waals surface area contributed by atoms with E-state index in [-0.39, 0.29) is 0 Å². The lowest BCUT2D eigenvalue weighted by Gasteiger charge is -2.56. The molecule has 0 aromatic heterocycles. The first-order valence-corrected chi connectivity index (χ1v) is 7.63. The van der Waals surface area contributed by atoms with Gasteiger partial charge in [-0.05, 0) is 56.5 Å². The quantitative estimate of drug-likeness (QED) is 0.696. The lowest BCUT2D eigenvalue weighted by Crippen LogP contribution is -2.56. The lowest BCUT2D eigenvalue weighted by molar-refractivity contribution is -0.0536. The van der Waals surface area contributed by atoms with Gasteiger partial charge in [0.25, 0.3) is 0 Å². The van der Waals surface area contributed by atoms with Gasteiger partial charge in [-0.25, -0.2) is 0 Å². The van der Waals surface area contributed by atoms with Crippen LogP contribution in [-0.2, 0) is 0 Å². The van der Waals surface area contributed by atoms with Gasteiger partial charge in [-0.2, -0.15) is 0 Å². The molecule has 0 radical (unpaired) electrons. The molecule has 4 atom stereocenters. The Morgan fingerprint density at radius 3 is 2.29 bits per heavy atom. The standard InChI is InChI=1S/C16H31N/c1-12(2)16(3)11-10-13-8-6-7-9-14(13)15(16)17(4)5/h12-15H,6-11H2,1-5H3. The summed E-state index contributed by atoms with van der Waals surface area (Å²) in [4.78, 5) is 2.54. The summed E-state index contributed by atoms with van der Waals surface area (Å²) in [5.74, 6) is 2.81. The number of hydrogen-bond acceptors (Lipinski definition) is 1. The third-order valence-corrected chi connectivity index (χ3v) is 5.98. The molecule has 0 spiro atoms. The molecule has 0 bridgehead atoms. The van der Waals surface area contributed by atoms with Gasteiger partial charge in [-0.1, -0.05) is 40.0 Å². The predicted molar refractivity (Wildman–Crippen MR) is 75.1 cm³/mol. The highest BCUT2D eigenvalue weighted by atomic mass is 15.1. The van der Waals surface area contributed by atoms with Crippen molar-refractivity contribution in [3.05, 3.63) is 0 Å². The highest BCUT2D eigenvalue weighted by Crippen LogP contribution is 2.52. The maximum Gasteiger partial charge on any atom is 0.0176 e. The molecular formula is C16H31N. The first kappa shape index (κ1) is 13.4. The summed E-state index contributed by atoms with van der Waals surface area (Å²) >= 11 is 0. The second-order valence-corrected chi connectivity index (χ2v) is 7.32. The Morgan fingerprint density at radius 1 is 1.06 bits per heavy atom. The van der Waals surface area contributed by atoms with Crippen molar-refractivity contribution in [2.75, 3.05) is 14.1 Å². The van der Waals surface area contributed by atoms with Crippen LogP contribution in [0.1, 0.15) is 59.3 Å². The second-order valence-electron chi connectivity index (χ2n) is 7.32. The van der Waals surface area contributed by atoms with Crippen LogP contribution in [-0.4, -0.2) is 25.0 Å². The Kier molecular flexibility index (Phi) is 3.87. The zero-order chi connectivity index (χ0) is 12.6. The van der Waals surface area contributed by atoms with Crippen LogP contribution in [0, 0.1) is 23.2 Å². The molecule has 0 N–H and O–H groups in total. The van der Waals surface area contributed by atoms with Crippen LogP contribution in [0.5, 0.6) is 0 Å². The van der Waals surface area contributed by atoms with E-state index in [0.29, 0.717) is 5.41 Å². The molecule has 2 saturated carbocycles. The largest absolute Gasteiger partial charge is 0.306 e. The molecule has 2 aliphatic carbocycles. The number of nitrogens with zero attached hydrogens (tertiary/aromatic N) is 1. The highest BCUT2D eigenvalue weighted by molar-refractivity contribution is 5.01. The minimum absolute atomic E-state index is 0.530. The first-order valence-electron chi connectivity index (χ1n) is 7.63. The fourth-order valence-corrected chi connectivity index (χ4v) is 4.75. The van der Waals surface area contributed by atoms with Crippen molar-refractivity contribution in [3.63, 3.8) is 0 Å². The Balaban J connectivity index is 2.25. The van der Waals surface area contributed by atoms with Crippen molar-refractivity contribution < 1.29 is 0 Å². The Morgan fingerprint density at radius 2 is 1.71 bits per heavy atom. The minimum atomic E-state index is 0.530. The molecule has 2 fully saturated rings. The molecule has 2 rings (SSSR count). The molecule has 100 valence electrons. The topological polar surface area (TPSA) is 3.24 Å². The van der Waals surface area contributed by atoms with Gasteiger partial charge in [0.05, 0.1) is 0 Å². The van der Waals surface area contributed by atoms with E-state index < -0.39 is 0 Å². The summed E-state index contributed by atoms with van der Waals surface area (Å²) in [6.07, 6.45) is 8.87. The average Bonchev–Trinajstić information content (AvgIpc) is 2.28. The first-order chi connectivity index (χ1) is 7.97. The van der Waals surface area contributed by atoms with E-state index in [9.17, 15) is 0 Å². The van der Waals surface area contributed by atoms with E-state index in [4.69, 9.17) is 0 Å². The van der Waals surface area contributed by atoms with Crippen molar-refractivity contribution >= 4 is 0 Å². The van der Waals surface area contributed by atoms with Crippen LogP contribution in [0.2, 0.25) is 0 Å². The Labute approximate surface area is 108 Å². The SMILES string of the molecule is CC(C)C1(C)CCC2CCCCC2C1N(C)C. The number of fused-ring (bicyclic) bond motifs is 1. The van der Waals surface area contributed by atoms with Gasteiger partial charge in [0.1, 0.15) is 0 Å². The summed E-state index contributed by atoms with van der Waals surface area (Å²) < 4.78 is 0. The number of rotatable bonds is 2. The van der Waals surface area contributed by atoms with Gasteiger partial charge >= 0.3 is 0 Å². The van der Waals surface area contributed by atoms with E-state index in [1.54, 1.807) is 0 Å². The third kappa shape index (κ3) is 2.28. The molecule has 0 heterocycles. The predicted octanol–water partition coefficient (Wildman–Crippen LogP) is 4.18. The molecule has 1 heteroatoms. The van der Waals surface area contributed by atoms with Crippen LogP contribution in [0.3, 0.4) is 0 Å². The molecule has 17 heavy (non-hydrogen) atoms. The van der Waals surface area contributed by atoms with Gasteiger partial charge in [-0.3, -0.25) is 0 Å². The van der Waals surface area contributed by atoms with Crippen LogP contribution in [0.25, 0.3) is 0 Å². The van der Waals surface area contributed by atoms with Gasteiger partial charge in [-0.15, -0.1) is 0 Å². The van der Waals surface area contributed by atoms with E-state index >= 15 is 0 Å². The third-order valence-electron chi connectivity index (χ3n) is 5.98. The Bertz CT molecular complexity index is 258. The molecule has 0 aromatic rings. The van der Waals surface area contributed by atoms with E-state index in [0.717, 1.165) is 23.8 Å². The summed E-state index contributed by atoms with van der Waals surface area (Å²) in [6, 6.07) is 0.807. The second kappa shape index (κ2) is 4.91. The van der Waals surface area contributed by atoms with Crippen LogP contribution >= 0.6 is 0 Å². The fourth-order valence-electron chi connectivity index (χ4n) is 4.75. The van der Waals surface area contributed by atoms with Crippen molar-refractivity contribution in [2.24, 2.45) is 23.2 Å². The molecular weight excluding hydrogens is 206 g/mol. The normalized spacial score (nSPS) is 42.9. The van der Waals surface area contributed by atoms with Crippen LogP contribution in [0.15, 0.2) is 0 Å². The summed E-state index contributed by atoms with van der Waals surface area (Å²) in [7, 11) is 4.62. The van der Waals surface area contributed by atoms with Gasteiger partial charge in [0.2, 0.25) is 0 Å². The molecule has 0 amide bonds. The maximum absolute atomic E-state index is 2.55. The minimum Gasteiger partial charge on any atom is -0.306 e. The zero-order valence-corrected chi connectivity index (χ0v) is 12.5. The molecule has 0 aromatic carbocycles. The van der Waals surface area contributed by atoms with Crippen molar-refractivity contribution in [1.82, 2.24) is 4.90 Å². The summed E-state index contributed by atoms with van der Waals surface area (Å²) in [5, 5.41) is 0. The number of hydrogen-bond donors (Lipinski definition) is 0. The molecule has 0 saturated heterocycles. The summed E-state index contributed by atoms with van der Waals surface area (Å²) in [6.45, 7) is 7.41. The van der Waals surface area contributed by atoms with Crippen LogP contribution in [0.4, 0.5) is 0 Å². The smallest absolute Gasteiger partial charge is 0.0176 e. The molecule has 1 nitrogen and oxygen atoms in total. The van der Waals surface area contributed by atoms with Crippen molar-refractivity contribution in [3.8, 4) is 0 Å². The van der Waals surface area contributed by atoms with Crippen LogP contribution < -0.4 is 0 Å². The van der Waals surface area contributed by atoms with E-state index in [1.807, 2.05) is 0 Å². The van der Waals surface area contributed by atoms with Crippen molar-refractivity contribution in [1.29, 1.82) is 0 Å². The Hall–Kier alpha value is -0.0400. The molecule has 0 aliphatic heterocycles.